The van der Waals surface area contributed by atoms with Gasteiger partial charge >= 0.3 is 0 Å². The number of hydrogen-bond donors (Lipinski definition) is 0. The van der Waals surface area contributed by atoms with Gasteiger partial charge in [0.1, 0.15) is 11.2 Å². The average Bonchev–Trinajstić information content (AvgIpc) is 2.56. The Labute approximate surface area is 100.0 Å². The highest BCUT2D eigenvalue weighted by Gasteiger charge is 2.46. The van der Waals surface area contributed by atoms with E-state index in [1.807, 2.05) is 19.2 Å². The van der Waals surface area contributed by atoms with Gasteiger partial charge in [-0.1, -0.05) is 18.2 Å². The number of aromatic nitrogens is 1. The van der Waals surface area contributed by atoms with Crippen LogP contribution in [0.4, 0.5) is 0 Å². The van der Waals surface area contributed by atoms with E-state index in [0.29, 0.717) is 13.2 Å². The molecule has 0 bridgehead atoms. The Morgan fingerprint density at radius 2 is 2.06 bits per heavy atom. The van der Waals surface area contributed by atoms with Gasteiger partial charge in [-0.3, -0.25) is 4.79 Å². The minimum Gasteiger partial charge on any atom is -0.378 e. The second-order valence-electron chi connectivity index (χ2n) is 4.80. The number of aryl methyl sites for hydroxylation is 1. The van der Waals surface area contributed by atoms with Crippen molar-refractivity contribution in [3.8, 4) is 0 Å². The monoisotopic (exact) mass is 229 g/mol. The third-order valence-corrected chi connectivity index (χ3v) is 3.78. The standard InChI is InChI=1S/C14H15NO2/c1-10(16)14(8-17-9-14)12-7-15(2)13-6-4-3-5-11(12)13/h3-7H,8-9H2,1-2H3. The van der Waals surface area contributed by atoms with E-state index in [9.17, 15) is 4.79 Å². The number of carbonyl (C=O) groups excluding carboxylic acids is 1. The van der Waals surface area contributed by atoms with E-state index in [0.717, 1.165) is 16.5 Å². The first-order valence-electron chi connectivity index (χ1n) is 5.78. The Hall–Kier alpha value is -1.61. The van der Waals surface area contributed by atoms with E-state index >= 15 is 0 Å². The summed E-state index contributed by atoms with van der Waals surface area (Å²) in [6, 6.07) is 8.18. The number of hydrogen-bond acceptors (Lipinski definition) is 2. The van der Waals surface area contributed by atoms with Gasteiger partial charge in [0.25, 0.3) is 0 Å². The molecule has 3 nitrogen and oxygen atoms in total. The van der Waals surface area contributed by atoms with Crippen molar-refractivity contribution in [2.24, 2.45) is 7.05 Å². The van der Waals surface area contributed by atoms with Gasteiger partial charge in [-0.2, -0.15) is 0 Å². The Kier molecular flexibility index (Phi) is 2.13. The Bertz CT molecular complexity index is 593. The second-order valence-corrected chi connectivity index (χ2v) is 4.80. The number of ether oxygens (including phenoxy) is 1. The van der Waals surface area contributed by atoms with Crippen molar-refractivity contribution in [2.45, 2.75) is 12.3 Å². The molecule has 1 aromatic heterocycles. The zero-order valence-electron chi connectivity index (χ0n) is 10.1. The molecule has 3 heteroatoms. The molecular formula is C14H15NO2. The summed E-state index contributed by atoms with van der Waals surface area (Å²) in [5, 5.41) is 1.16. The molecule has 0 aliphatic carbocycles. The van der Waals surface area contributed by atoms with Crippen LogP contribution in [0.1, 0.15) is 12.5 Å². The van der Waals surface area contributed by atoms with E-state index in [2.05, 4.69) is 22.9 Å². The molecule has 2 aromatic rings. The van der Waals surface area contributed by atoms with Gasteiger partial charge in [-0.15, -0.1) is 0 Å². The van der Waals surface area contributed by atoms with E-state index in [4.69, 9.17) is 4.74 Å². The van der Waals surface area contributed by atoms with Crippen LogP contribution in [0, 0.1) is 0 Å². The molecule has 17 heavy (non-hydrogen) atoms. The van der Waals surface area contributed by atoms with Crippen molar-refractivity contribution in [1.29, 1.82) is 0 Å². The first-order chi connectivity index (χ1) is 8.15. The maximum atomic E-state index is 11.9. The van der Waals surface area contributed by atoms with Crippen LogP contribution >= 0.6 is 0 Å². The van der Waals surface area contributed by atoms with Gasteiger partial charge in [-0.25, -0.2) is 0 Å². The van der Waals surface area contributed by atoms with E-state index < -0.39 is 5.41 Å². The molecule has 0 amide bonds. The van der Waals surface area contributed by atoms with Gasteiger partial charge in [-0.05, 0) is 18.6 Å². The van der Waals surface area contributed by atoms with Crippen LogP contribution in [0.2, 0.25) is 0 Å². The molecule has 2 heterocycles. The number of nitrogens with zero attached hydrogens (tertiary/aromatic N) is 1. The summed E-state index contributed by atoms with van der Waals surface area (Å²) in [5.41, 5.74) is 1.85. The summed E-state index contributed by atoms with van der Waals surface area (Å²) < 4.78 is 7.36. The third kappa shape index (κ3) is 1.29. The highest BCUT2D eigenvalue weighted by Crippen LogP contribution is 2.38. The lowest BCUT2D eigenvalue weighted by Gasteiger charge is -2.39. The maximum Gasteiger partial charge on any atom is 0.145 e. The summed E-state index contributed by atoms with van der Waals surface area (Å²) in [6.45, 7) is 2.68. The Morgan fingerprint density at radius 3 is 2.65 bits per heavy atom. The molecule has 1 fully saturated rings. The van der Waals surface area contributed by atoms with Crippen LogP contribution in [0.15, 0.2) is 30.5 Å². The largest absolute Gasteiger partial charge is 0.378 e. The van der Waals surface area contributed by atoms with Crippen molar-refractivity contribution in [2.75, 3.05) is 13.2 Å². The second kappa shape index (κ2) is 3.44. The molecule has 88 valence electrons. The molecule has 0 atom stereocenters. The first kappa shape index (κ1) is 10.5. The number of carbonyl (C=O) groups is 1. The molecule has 1 aliphatic heterocycles. The number of rotatable bonds is 2. The van der Waals surface area contributed by atoms with Crippen molar-refractivity contribution in [3.05, 3.63) is 36.0 Å². The molecular weight excluding hydrogens is 214 g/mol. The molecule has 0 spiro atoms. The highest BCUT2D eigenvalue weighted by atomic mass is 16.5. The summed E-state index contributed by atoms with van der Waals surface area (Å²) >= 11 is 0. The number of para-hydroxylation sites is 1. The van der Waals surface area contributed by atoms with Crippen LogP contribution < -0.4 is 0 Å². The average molecular weight is 229 g/mol. The van der Waals surface area contributed by atoms with Crippen molar-refractivity contribution < 1.29 is 9.53 Å². The van der Waals surface area contributed by atoms with Crippen molar-refractivity contribution in [1.82, 2.24) is 4.57 Å². The predicted molar refractivity (Wildman–Crippen MR) is 66.1 cm³/mol. The summed E-state index contributed by atoms with van der Waals surface area (Å²) in [6.07, 6.45) is 2.06. The van der Waals surface area contributed by atoms with Gasteiger partial charge in [0.15, 0.2) is 0 Å². The minimum atomic E-state index is -0.416. The molecule has 1 saturated heterocycles. The van der Waals surface area contributed by atoms with Gasteiger partial charge in [0.05, 0.1) is 13.2 Å². The Balaban J connectivity index is 2.27. The van der Waals surface area contributed by atoms with Gasteiger partial charge in [0.2, 0.25) is 0 Å². The summed E-state index contributed by atoms with van der Waals surface area (Å²) in [5.74, 6) is 0.195. The normalized spacial score (nSPS) is 18.0. The summed E-state index contributed by atoms with van der Waals surface area (Å²) in [7, 11) is 2.01. The van der Waals surface area contributed by atoms with Crippen LogP contribution in [0.3, 0.4) is 0 Å². The molecule has 3 rings (SSSR count). The van der Waals surface area contributed by atoms with Crippen molar-refractivity contribution >= 4 is 16.7 Å². The molecule has 1 aromatic carbocycles. The zero-order chi connectivity index (χ0) is 12.0. The quantitative estimate of drug-likeness (QED) is 0.789. The highest BCUT2D eigenvalue weighted by molar-refractivity contribution is 5.96. The van der Waals surface area contributed by atoms with Crippen LogP contribution in [0.25, 0.3) is 10.9 Å². The zero-order valence-corrected chi connectivity index (χ0v) is 10.1. The summed E-state index contributed by atoms with van der Waals surface area (Å²) in [4.78, 5) is 11.9. The maximum absolute atomic E-state index is 11.9. The number of fused-ring (bicyclic) bond motifs is 1. The molecule has 0 N–H and O–H groups in total. The molecule has 1 aliphatic rings. The van der Waals surface area contributed by atoms with Crippen molar-refractivity contribution in [3.63, 3.8) is 0 Å². The minimum absolute atomic E-state index is 0.195. The van der Waals surface area contributed by atoms with Crippen LogP contribution in [-0.4, -0.2) is 23.6 Å². The number of benzene rings is 1. The topological polar surface area (TPSA) is 31.2 Å². The molecule has 0 unspecified atom stereocenters. The number of Topliss-reactive ketones (excluding diaryl/α,β-unsaturated/α-hetero) is 1. The third-order valence-electron chi connectivity index (χ3n) is 3.78. The smallest absolute Gasteiger partial charge is 0.145 e. The Morgan fingerprint density at radius 1 is 1.35 bits per heavy atom. The first-order valence-corrected chi connectivity index (χ1v) is 5.78. The van der Waals surface area contributed by atoms with Crippen LogP contribution in [0.5, 0.6) is 0 Å². The fourth-order valence-corrected chi connectivity index (χ4v) is 2.58. The van der Waals surface area contributed by atoms with Crippen LogP contribution in [-0.2, 0) is 22.0 Å². The fraction of sp³-hybridized carbons (Fsp3) is 0.357. The van der Waals surface area contributed by atoms with Gasteiger partial charge in [0, 0.05) is 24.1 Å². The SMILES string of the molecule is CC(=O)C1(c2cn(C)c3ccccc23)COC1. The molecule has 0 saturated carbocycles. The van der Waals surface area contributed by atoms with E-state index in [-0.39, 0.29) is 5.78 Å². The fourth-order valence-electron chi connectivity index (χ4n) is 2.58. The lowest BCUT2D eigenvalue weighted by atomic mass is 9.75. The predicted octanol–water partition coefficient (Wildman–Crippen LogP) is 2.04. The lowest BCUT2D eigenvalue weighted by molar-refractivity contribution is -0.140. The van der Waals surface area contributed by atoms with Gasteiger partial charge < -0.3 is 9.30 Å². The molecule has 0 radical (unpaired) electrons. The van der Waals surface area contributed by atoms with E-state index in [1.165, 1.54) is 0 Å². The number of ketones is 1. The van der Waals surface area contributed by atoms with E-state index in [1.54, 1.807) is 6.92 Å². The lowest BCUT2D eigenvalue weighted by Crippen LogP contribution is -2.52.